The van der Waals surface area contributed by atoms with Gasteiger partial charge in [-0.2, -0.15) is 0 Å². The van der Waals surface area contributed by atoms with Crippen LogP contribution in [0.15, 0.2) is 42.5 Å². The van der Waals surface area contributed by atoms with Crippen LogP contribution in [0.4, 0.5) is 0 Å². The Kier molecular flexibility index (Phi) is 3.45. The Morgan fingerprint density at radius 3 is 2.80 bits per heavy atom. The third kappa shape index (κ3) is 2.08. The third-order valence-electron chi connectivity index (χ3n) is 4.40. The lowest BCUT2D eigenvalue weighted by Gasteiger charge is -2.26. The molecule has 0 bridgehead atoms. The molecule has 0 spiro atoms. The van der Waals surface area contributed by atoms with Crippen molar-refractivity contribution >= 4 is 16.7 Å². The molecule has 2 N–H and O–H groups in total. The van der Waals surface area contributed by atoms with Crippen molar-refractivity contribution in [3.8, 4) is 0 Å². The third-order valence-corrected chi connectivity index (χ3v) is 4.40. The van der Waals surface area contributed by atoms with Gasteiger partial charge in [0.25, 0.3) is 5.91 Å². The highest BCUT2D eigenvalue weighted by Crippen LogP contribution is 2.27. The summed E-state index contributed by atoms with van der Waals surface area (Å²) >= 11 is 0. The molecule has 3 nitrogen and oxygen atoms in total. The predicted octanol–water partition coefficient (Wildman–Crippen LogP) is 2.65. The van der Waals surface area contributed by atoms with Crippen molar-refractivity contribution in [1.82, 2.24) is 4.90 Å². The van der Waals surface area contributed by atoms with Crippen molar-refractivity contribution in [2.24, 2.45) is 11.7 Å². The molecule has 2 aromatic rings. The molecular formula is C17H20N2O. The number of amides is 1. The van der Waals surface area contributed by atoms with Gasteiger partial charge in [-0.15, -0.1) is 0 Å². The van der Waals surface area contributed by atoms with Crippen molar-refractivity contribution in [2.45, 2.75) is 19.4 Å². The van der Waals surface area contributed by atoms with Crippen LogP contribution in [-0.4, -0.2) is 29.9 Å². The lowest BCUT2D eigenvalue weighted by atomic mass is 10.0. The maximum absolute atomic E-state index is 12.8. The highest BCUT2D eigenvalue weighted by molar-refractivity contribution is 6.07. The van der Waals surface area contributed by atoms with E-state index in [1.54, 1.807) is 0 Å². The molecule has 1 fully saturated rings. The summed E-state index contributed by atoms with van der Waals surface area (Å²) in [6.45, 7) is 3.52. The van der Waals surface area contributed by atoms with Crippen molar-refractivity contribution in [3.05, 3.63) is 48.0 Å². The van der Waals surface area contributed by atoms with Gasteiger partial charge in [0.05, 0.1) is 0 Å². The van der Waals surface area contributed by atoms with Crippen LogP contribution < -0.4 is 5.73 Å². The largest absolute Gasteiger partial charge is 0.334 e. The molecule has 2 atom stereocenters. The van der Waals surface area contributed by atoms with E-state index in [1.807, 2.05) is 47.4 Å². The van der Waals surface area contributed by atoms with E-state index in [0.29, 0.717) is 12.5 Å². The summed E-state index contributed by atoms with van der Waals surface area (Å²) in [7, 11) is 0. The predicted molar refractivity (Wildman–Crippen MR) is 81.6 cm³/mol. The molecule has 3 heteroatoms. The monoisotopic (exact) mass is 268 g/mol. The summed E-state index contributed by atoms with van der Waals surface area (Å²) in [4.78, 5) is 14.8. The van der Waals surface area contributed by atoms with Crippen molar-refractivity contribution in [1.29, 1.82) is 0 Å². The molecule has 2 unspecified atom stereocenters. The molecule has 3 rings (SSSR count). The molecule has 1 amide bonds. The van der Waals surface area contributed by atoms with E-state index < -0.39 is 0 Å². The Hall–Kier alpha value is -1.87. The van der Waals surface area contributed by atoms with E-state index in [2.05, 4.69) is 6.92 Å². The van der Waals surface area contributed by atoms with E-state index in [-0.39, 0.29) is 11.9 Å². The van der Waals surface area contributed by atoms with Crippen LogP contribution in [0.5, 0.6) is 0 Å². The average molecular weight is 268 g/mol. The smallest absolute Gasteiger partial charge is 0.254 e. The number of hydrogen-bond donors (Lipinski definition) is 1. The minimum Gasteiger partial charge on any atom is -0.334 e. The van der Waals surface area contributed by atoms with Crippen LogP contribution >= 0.6 is 0 Å². The van der Waals surface area contributed by atoms with Gasteiger partial charge in [0.15, 0.2) is 0 Å². The Morgan fingerprint density at radius 2 is 2.00 bits per heavy atom. The number of likely N-dealkylation sites (tertiary alicyclic amines) is 1. The molecule has 0 radical (unpaired) electrons. The first-order chi connectivity index (χ1) is 9.72. The molecule has 2 aromatic carbocycles. The molecule has 104 valence electrons. The van der Waals surface area contributed by atoms with Gasteiger partial charge in [0.2, 0.25) is 0 Å². The molecular weight excluding hydrogens is 248 g/mol. The Balaban J connectivity index is 2.01. The number of carbonyl (C=O) groups is 1. The number of nitrogens with two attached hydrogens (primary N) is 1. The SMILES string of the molecule is CC1CCN(C(=O)c2cccc3ccccc23)C1CN. The fraction of sp³-hybridized carbons (Fsp3) is 0.353. The van der Waals surface area contributed by atoms with Gasteiger partial charge >= 0.3 is 0 Å². The minimum atomic E-state index is 0.113. The quantitative estimate of drug-likeness (QED) is 0.910. The van der Waals surface area contributed by atoms with E-state index in [1.165, 1.54) is 0 Å². The summed E-state index contributed by atoms with van der Waals surface area (Å²) in [6, 6.07) is 14.1. The first kappa shape index (κ1) is 13.1. The van der Waals surface area contributed by atoms with Gasteiger partial charge in [-0.25, -0.2) is 0 Å². The van der Waals surface area contributed by atoms with E-state index in [4.69, 9.17) is 5.73 Å². The van der Waals surface area contributed by atoms with Crippen molar-refractivity contribution < 1.29 is 4.79 Å². The molecule has 20 heavy (non-hydrogen) atoms. The van der Waals surface area contributed by atoms with Gasteiger partial charge < -0.3 is 10.6 Å². The lowest BCUT2D eigenvalue weighted by molar-refractivity contribution is 0.0729. The second kappa shape index (κ2) is 5.25. The first-order valence-corrected chi connectivity index (χ1v) is 7.21. The zero-order valence-corrected chi connectivity index (χ0v) is 11.8. The highest BCUT2D eigenvalue weighted by atomic mass is 16.2. The number of carbonyl (C=O) groups excluding carboxylic acids is 1. The fourth-order valence-corrected chi connectivity index (χ4v) is 3.19. The summed E-state index contributed by atoms with van der Waals surface area (Å²) < 4.78 is 0. The van der Waals surface area contributed by atoms with E-state index in [0.717, 1.165) is 29.3 Å². The van der Waals surface area contributed by atoms with Crippen LogP contribution in [-0.2, 0) is 0 Å². The van der Waals surface area contributed by atoms with Crippen LogP contribution in [0.2, 0.25) is 0 Å². The van der Waals surface area contributed by atoms with Crippen LogP contribution in [0, 0.1) is 5.92 Å². The van der Waals surface area contributed by atoms with Crippen LogP contribution in [0.25, 0.3) is 10.8 Å². The molecule has 1 heterocycles. The summed E-state index contributed by atoms with van der Waals surface area (Å²) in [5.41, 5.74) is 6.64. The van der Waals surface area contributed by atoms with Gasteiger partial charge in [0, 0.05) is 24.7 Å². The molecule has 1 aliphatic heterocycles. The van der Waals surface area contributed by atoms with E-state index in [9.17, 15) is 4.79 Å². The molecule has 0 saturated carbocycles. The Bertz CT molecular complexity index is 632. The normalized spacial score (nSPS) is 22.4. The molecule has 0 aliphatic carbocycles. The lowest BCUT2D eigenvalue weighted by Crippen LogP contribution is -2.42. The maximum Gasteiger partial charge on any atom is 0.254 e. The standard InChI is InChI=1S/C17H20N2O/c1-12-9-10-19(16(12)11-18)17(20)15-8-4-6-13-5-2-3-7-14(13)15/h2-8,12,16H,9-11,18H2,1H3. The number of hydrogen-bond acceptors (Lipinski definition) is 2. The van der Waals surface area contributed by atoms with Crippen LogP contribution in [0.1, 0.15) is 23.7 Å². The van der Waals surface area contributed by atoms with Gasteiger partial charge in [-0.05, 0) is 29.2 Å². The number of rotatable bonds is 2. The molecule has 0 aromatic heterocycles. The zero-order valence-electron chi connectivity index (χ0n) is 11.8. The number of fused-ring (bicyclic) bond motifs is 1. The second-order valence-electron chi connectivity index (χ2n) is 5.59. The highest BCUT2D eigenvalue weighted by Gasteiger charge is 2.34. The van der Waals surface area contributed by atoms with Crippen LogP contribution in [0.3, 0.4) is 0 Å². The molecule has 1 saturated heterocycles. The van der Waals surface area contributed by atoms with Gasteiger partial charge in [0.1, 0.15) is 0 Å². The number of benzene rings is 2. The summed E-state index contributed by atoms with van der Waals surface area (Å²) in [5, 5.41) is 2.13. The summed E-state index contributed by atoms with van der Waals surface area (Å²) in [5.74, 6) is 0.598. The number of nitrogens with zero attached hydrogens (tertiary/aromatic N) is 1. The minimum absolute atomic E-state index is 0.113. The average Bonchev–Trinajstić information content (AvgIpc) is 2.86. The second-order valence-corrected chi connectivity index (χ2v) is 5.59. The Labute approximate surface area is 119 Å². The topological polar surface area (TPSA) is 46.3 Å². The van der Waals surface area contributed by atoms with Gasteiger partial charge in [-0.1, -0.05) is 43.3 Å². The maximum atomic E-state index is 12.8. The fourth-order valence-electron chi connectivity index (χ4n) is 3.19. The zero-order chi connectivity index (χ0) is 14.1. The Morgan fingerprint density at radius 1 is 1.25 bits per heavy atom. The molecule has 1 aliphatic rings. The van der Waals surface area contributed by atoms with Crippen molar-refractivity contribution in [2.75, 3.05) is 13.1 Å². The van der Waals surface area contributed by atoms with Gasteiger partial charge in [-0.3, -0.25) is 4.79 Å². The van der Waals surface area contributed by atoms with E-state index >= 15 is 0 Å². The first-order valence-electron chi connectivity index (χ1n) is 7.21. The van der Waals surface area contributed by atoms with Crippen molar-refractivity contribution in [3.63, 3.8) is 0 Å². The summed E-state index contributed by atoms with van der Waals surface area (Å²) in [6.07, 6.45) is 1.04.